The molecule has 8 heteroatoms. The Morgan fingerprint density at radius 3 is 2.57 bits per heavy atom. The maximum atomic E-state index is 15.3. The van der Waals surface area contributed by atoms with E-state index in [-0.39, 0.29) is 17.5 Å². The van der Waals surface area contributed by atoms with Crippen LogP contribution in [0.3, 0.4) is 0 Å². The highest BCUT2D eigenvalue weighted by molar-refractivity contribution is 6.01. The molecule has 37 heavy (non-hydrogen) atoms. The van der Waals surface area contributed by atoms with Crippen molar-refractivity contribution >= 4 is 17.3 Å². The highest BCUT2D eigenvalue weighted by Gasteiger charge is 2.23. The van der Waals surface area contributed by atoms with Crippen LogP contribution in [0.1, 0.15) is 48.2 Å². The fourth-order valence-corrected chi connectivity index (χ4v) is 4.64. The van der Waals surface area contributed by atoms with Crippen LogP contribution in [0.5, 0.6) is 11.5 Å². The first-order valence-corrected chi connectivity index (χ1v) is 12.6. The minimum atomic E-state index is -0.552. The maximum Gasteiger partial charge on any atom is 0.254 e. The number of carbonyl (C=O) groups excluding carboxylic acids is 1. The van der Waals surface area contributed by atoms with E-state index < -0.39 is 5.82 Å². The molecule has 0 aliphatic carbocycles. The number of rotatable bonds is 8. The number of aromatic nitrogens is 1. The fraction of sp³-hybridized carbons (Fsp3) is 0.345. The van der Waals surface area contributed by atoms with Gasteiger partial charge in [-0.3, -0.25) is 9.78 Å². The number of nitrogens with zero attached hydrogens (tertiary/aromatic N) is 2. The summed E-state index contributed by atoms with van der Waals surface area (Å²) < 4.78 is 21.4. The molecule has 1 aromatic heterocycles. The molecule has 0 unspecified atom stereocenters. The van der Waals surface area contributed by atoms with Crippen LogP contribution in [-0.2, 0) is 6.42 Å². The fourth-order valence-electron chi connectivity index (χ4n) is 4.64. The summed E-state index contributed by atoms with van der Waals surface area (Å²) in [5.41, 5.74) is 3.94. The summed E-state index contributed by atoms with van der Waals surface area (Å²) in [5.74, 6) is 0.246. The summed E-state index contributed by atoms with van der Waals surface area (Å²) in [6.07, 6.45) is 3.85. The second kappa shape index (κ2) is 11.5. The third kappa shape index (κ3) is 6.14. The number of nitrogens with one attached hydrogen (secondary N) is 3. The summed E-state index contributed by atoms with van der Waals surface area (Å²) >= 11 is 0. The Morgan fingerprint density at radius 2 is 1.89 bits per heavy atom. The van der Waals surface area contributed by atoms with E-state index in [9.17, 15) is 4.79 Å². The van der Waals surface area contributed by atoms with Gasteiger partial charge >= 0.3 is 0 Å². The summed E-state index contributed by atoms with van der Waals surface area (Å²) in [6.45, 7) is 5.48. The largest absolute Gasteiger partial charge is 0.457 e. The van der Waals surface area contributed by atoms with E-state index >= 15 is 4.39 Å². The Hall–Kier alpha value is -3.78. The van der Waals surface area contributed by atoms with Crippen molar-refractivity contribution in [3.63, 3.8) is 0 Å². The number of aryl methyl sites for hydroxylation is 1. The van der Waals surface area contributed by atoms with Gasteiger partial charge in [0.05, 0.1) is 11.3 Å². The van der Waals surface area contributed by atoms with Crippen LogP contribution < -0.4 is 15.4 Å². The van der Waals surface area contributed by atoms with Crippen LogP contribution >= 0.6 is 0 Å². The van der Waals surface area contributed by atoms with Gasteiger partial charge in [-0.15, -0.1) is 0 Å². The number of ether oxygens (including phenoxy) is 1. The lowest BCUT2D eigenvalue weighted by atomic mass is 9.97. The lowest BCUT2D eigenvalue weighted by Gasteiger charge is -2.29. The predicted octanol–water partition coefficient (Wildman–Crippen LogP) is 5.50. The molecule has 7 nitrogen and oxygen atoms in total. The van der Waals surface area contributed by atoms with Gasteiger partial charge in [0, 0.05) is 53.9 Å². The monoisotopic (exact) mass is 503 g/mol. The molecule has 1 aliphatic heterocycles. The Bertz CT molecular complexity index is 1300. The molecule has 1 amide bonds. The van der Waals surface area contributed by atoms with Crippen LogP contribution in [0.25, 0.3) is 11.3 Å². The Labute approximate surface area is 217 Å². The summed E-state index contributed by atoms with van der Waals surface area (Å²) in [5, 5.41) is 14.0. The third-order valence-corrected chi connectivity index (χ3v) is 6.76. The highest BCUT2D eigenvalue weighted by atomic mass is 19.1. The van der Waals surface area contributed by atoms with E-state index in [0.29, 0.717) is 40.5 Å². The molecule has 1 saturated heterocycles. The Morgan fingerprint density at radius 1 is 1.16 bits per heavy atom. The standard InChI is InChI=1S/C29H34FN5O2/c1-5-19-14-20(15-25(30)28(19)29(36)34-21-9-12-35(4)13-10-21)26-16-23(8-11-33-26)37-22-6-7-24(18(2)31)27(17-22)32-3/h6-8,11,14-17,21,31-32H,5,9-10,12-13H2,1-4H3,(H,34,36). The van der Waals surface area contributed by atoms with Crippen molar-refractivity contribution in [3.05, 3.63) is 71.2 Å². The molecule has 1 fully saturated rings. The molecule has 2 aromatic carbocycles. The Kier molecular flexibility index (Phi) is 8.18. The van der Waals surface area contributed by atoms with Crippen molar-refractivity contribution in [3.8, 4) is 22.8 Å². The normalized spacial score (nSPS) is 14.3. The van der Waals surface area contributed by atoms with Gasteiger partial charge in [0.15, 0.2) is 0 Å². The zero-order chi connectivity index (χ0) is 26.5. The van der Waals surface area contributed by atoms with Crippen LogP contribution in [-0.4, -0.2) is 54.7 Å². The molecular formula is C29H34FN5O2. The van der Waals surface area contributed by atoms with Crippen LogP contribution in [0, 0.1) is 11.2 Å². The van der Waals surface area contributed by atoms with E-state index in [0.717, 1.165) is 37.2 Å². The van der Waals surface area contributed by atoms with Gasteiger partial charge in [-0.05, 0) is 82.2 Å². The minimum Gasteiger partial charge on any atom is -0.457 e. The minimum absolute atomic E-state index is 0.0587. The highest BCUT2D eigenvalue weighted by Crippen LogP contribution is 2.31. The molecule has 1 aliphatic rings. The molecule has 3 aromatic rings. The second-order valence-electron chi connectivity index (χ2n) is 9.46. The van der Waals surface area contributed by atoms with E-state index in [2.05, 4.69) is 27.6 Å². The van der Waals surface area contributed by atoms with Crippen LogP contribution in [0.2, 0.25) is 0 Å². The van der Waals surface area contributed by atoms with Gasteiger partial charge in [0.2, 0.25) is 0 Å². The van der Waals surface area contributed by atoms with Crippen LogP contribution in [0.4, 0.5) is 10.1 Å². The van der Waals surface area contributed by atoms with Crippen molar-refractivity contribution in [1.29, 1.82) is 5.41 Å². The van der Waals surface area contributed by atoms with Gasteiger partial charge in [0.1, 0.15) is 17.3 Å². The van der Waals surface area contributed by atoms with Crippen molar-refractivity contribution in [2.45, 2.75) is 39.2 Å². The van der Waals surface area contributed by atoms with Crippen molar-refractivity contribution in [2.75, 3.05) is 32.5 Å². The van der Waals surface area contributed by atoms with Crippen molar-refractivity contribution in [2.24, 2.45) is 0 Å². The molecule has 3 N–H and O–H groups in total. The van der Waals surface area contributed by atoms with E-state index in [1.54, 1.807) is 38.4 Å². The van der Waals surface area contributed by atoms with Crippen LogP contribution in [0.15, 0.2) is 48.7 Å². The van der Waals surface area contributed by atoms with Gasteiger partial charge in [-0.1, -0.05) is 6.92 Å². The number of benzene rings is 2. The van der Waals surface area contributed by atoms with Gasteiger partial charge in [-0.25, -0.2) is 4.39 Å². The maximum absolute atomic E-state index is 15.3. The average Bonchev–Trinajstić information content (AvgIpc) is 2.89. The van der Waals surface area contributed by atoms with Gasteiger partial charge < -0.3 is 25.7 Å². The van der Waals surface area contributed by atoms with E-state index in [1.165, 1.54) is 6.07 Å². The van der Waals surface area contributed by atoms with E-state index in [4.69, 9.17) is 10.1 Å². The lowest BCUT2D eigenvalue weighted by molar-refractivity contribution is 0.0912. The Balaban J connectivity index is 1.56. The summed E-state index contributed by atoms with van der Waals surface area (Å²) in [7, 11) is 3.86. The number of piperidine rings is 1. The quantitative estimate of drug-likeness (QED) is 0.354. The van der Waals surface area contributed by atoms with Gasteiger partial charge in [0.25, 0.3) is 5.91 Å². The SMILES string of the molecule is CCc1cc(-c2cc(Oc3ccc(C(C)=N)c(NC)c3)ccn2)cc(F)c1C(=O)NC1CCN(C)CC1. The number of hydrogen-bond donors (Lipinski definition) is 3. The van der Waals surface area contributed by atoms with Crippen molar-refractivity contribution in [1.82, 2.24) is 15.2 Å². The van der Waals surface area contributed by atoms with Crippen molar-refractivity contribution < 1.29 is 13.9 Å². The smallest absolute Gasteiger partial charge is 0.254 e. The first-order valence-electron chi connectivity index (χ1n) is 12.6. The third-order valence-electron chi connectivity index (χ3n) is 6.76. The first kappa shape index (κ1) is 26.3. The molecule has 2 heterocycles. The molecule has 0 bridgehead atoms. The number of amides is 1. The molecule has 0 radical (unpaired) electrons. The number of carbonyl (C=O) groups is 1. The molecule has 0 spiro atoms. The zero-order valence-corrected chi connectivity index (χ0v) is 21.8. The molecular weight excluding hydrogens is 469 g/mol. The lowest BCUT2D eigenvalue weighted by Crippen LogP contribution is -2.43. The summed E-state index contributed by atoms with van der Waals surface area (Å²) in [6, 6.07) is 12.2. The first-order chi connectivity index (χ1) is 17.8. The number of hydrogen-bond acceptors (Lipinski definition) is 6. The molecule has 4 rings (SSSR count). The number of anilines is 1. The molecule has 0 atom stereocenters. The van der Waals surface area contributed by atoms with Gasteiger partial charge in [-0.2, -0.15) is 0 Å². The zero-order valence-electron chi connectivity index (χ0n) is 21.8. The average molecular weight is 504 g/mol. The molecule has 0 saturated carbocycles. The second-order valence-corrected chi connectivity index (χ2v) is 9.46. The summed E-state index contributed by atoms with van der Waals surface area (Å²) in [4.78, 5) is 19.6. The number of likely N-dealkylation sites (tertiary alicyclic amines) is 1. The molecule has 194 valence electrons. The topological polar surface area (TPSA) is 90.3 Å². The number of pyridine rings is 1. The number of halogens is 1. The predicted molar refractivity (Wildman–Crippen MR) is 146 cm³/mol. The van der Waals surface area contributed by atoms with E-state index in [1.807, 2.05) is 25.1 Å².